The summed E-state index contributed by atoms with van der Waals surface area (Å²) in [5, 5.41) is 0. The van der Waals surface area contributed by atoms with Crippen LogP contribution in [-0.4, -0.2) is 41.4 Å². The predicted molar refractivity (Wildman–Crippen MR) is 75.1 cm³/mol. The van der Waals surface area contributed by atoms with Crippen molar-refractivity contribution in [2.24, 2.45) is 11.5 Å². The summed E-state index contributed by atoms with van der Waals surface area (Å²) in [4.78, 5) is 0. The number of nitrogens with two attached hydrogens (primary N) is 2. The maximum atomic E-state index is 6.07. The maximum Gasteiger partial charge on any atom is 0.578 e. The van der Waals surface area contributed by atoms with Gasteiger partial charge in [-0.3, -0.25) is 0 Å². The van der Waals surface area contributed by atoms with Crippen molar-refractivity contribution in [2.45, 2.75) is 52.1 Å². The molecule has 0 spiro atoms. The van der Waals surface area contributed by atoms with E-state index in [9.17, 15) is 0 Å². The molecule has 0 rings (SSSR count). The average molecular weight is 277 g/mol. The monoisotopic (exact) mass is 277 g/mol. The molecular formula is C12H29N2O3Si. The second kappa shape index (κ2) is 10.9. The lowest BCUT2D eigenvalue weighted by molar-refractivity contribution is -0.00808. The zero-order valence-electron chi connectivity index (χ0n) is 12.0. The first-order valence-corrected chi connectivity index (χ1v) is 8.06. The van der Waals surface area contributed by atoms with Crippen molar-refractivity contribution in [1.29, 1.82) is 0 Å². The van der Waals surface area contributed by atoms with Gasteiger partial charge in [-0.25, -0.2) is 0 Å². The van der Waals surface area contributed by atoms with Gasteiger partial charge in [0, 0.05) is 13.2 Å². The minimum atomic E-state index is -1.64. The Bertz CT molecular complexity index is 182. The lowest BCUT2D eigenvalue weighted by Gasteiger charge is -2.32. The molecule has 0 saturated carbocycles. The average Bonchev–Trinajstić information content (AvgIpc) is 2.35. The Morgan fingerprint density at radius 2 is 1.39 bits per heavy atom. The third-order valence-electron chi connectivity index (χ3n) is 2.67. The van der Waals surface area contributed by atoms with E-state index in [2.05, 4.69) is 6.92 Å². The van der Waals surface area contributed by atoms with Crippen LogP contribution in [-0.2, 0) is 13.3 Å². The Hall–Kier alpha value is 0.0169. The van der Waals surface area contributed by atoms with E-state index in [0.29, 0.717) is 26.3 Å². The van der Waals surface area contributed by atoms with Gasteiger partial charge in [0.2, 0.25) is 0 Å². The van der Waals surface area contributed by atoms with Gasteiger partial charge in [0.25, 0.3) is 0 Å². The highest BCUT2D eigenvalue weighted by molar-refractivity contribution is 6.36. The van der Waals surface area contributed by atoms with E-state index in [1.54, 1.807) is 0 Å². The van der Waals surface area contributed by atoms with Crippen LogP contribution >= 0.6 is 0 Å². The van der Waals surface area contributed by atoms with Gasteiger partial charge in [-0.1, -0.05) is 0 Å². The van der Waals surface area contributed by atoms with E-state index >= 15 is 0 Å². The van der Waals surface area contributed by atoms with Gasteiger partial charge in [0.05, 0.1) is 5.60 Å². The van der Waals surface area contributed by atoms with Crippen LogP contribution in [0.1, 0.15) is 46.5 Å². The van der Waals surface area contributed by atoms with E-state index in [1.807, 2.05) is 13.8 Å². The van der Waals surface area contributed by atoms with Crippen LogP contribution in [0.15, 0.2) is 0 Å². The second-order valence-electron chi connectivity index (χ2n) is 4.45. The van der Waals surface area contributed by atoms with Crippen molar-refractivity contribution < 1.29 is 13.3 Å². The molecule has 5 nitrogen and oxygen atoms in total. The van der Waals surface area contributed by atoms with E-state index in [4.69, 9.17) is 24.7 Å². The molecule has 0 amide bonds. The van der Waals surface area contributed by atoms with Gasteiger partial charge < -0.3 is 24.7 Å². The molecule has 0 bridgehead atoms. The summed E-state index contributed by atoms with van der Waals surface area (Å²) >= 11 is 0. The minimum absolute atomic E-state index is 0.239. The highest BCUT2D eigenvalue weighted by Gasteiger charge is 2.32. The first-order chi connectivity index (χ1) is 8.61. The van der Waals surface area contributed by atoms with E-state index < -0.39 is 9.53 Å². The van der Waals surface area contributed by atoms with E-state index in [-0.39, 0.29) is 5.60 Å². The van der Waals surface area contributed by atoms with Crippen LogP contribution in [0.4, 0.5) is 0 Å². The summed E-state index contributed by atoms with van der Waals surface area (Å²) < 4.78 is 17.1. The van der Waals surface area contributed by atoms with E-state index in [0.717, 1.165) is 25.7 Å². The van der Waals surface area contributed by atoms with Crippen molar-refractivity contribution in [3.8, 4) is 0 Å². The van der Waals surface area contributed by atoms with E-state index in [1.165, 1.54) is 0 Å². The molecule has 109 valence electrons. The summed E-state index contributed by atoms with van der Waals surface area (Å²) in [5.41, 5.74) is 10.9. The van der Waals surface area contributed by atoms with Gasteiger partial charge >= 0.3 is 9.53 Å². The first kappa shape index (κ1) is 18.0. The SMILES string of the molecule is CCO[Si](OCC)OC(C)(CCCN)CCCN. The second-order valence-corrected chi connectivity index (χ2v) is 5.73. The van der Waals surface area contributed by atoms with Crippen LogP contribution in [0.25, 0.3) is 0 Å². The van der Waals surface area contributed by atoms with Gasteiger partial charge in [-0.2, -0.15) is 0 Å². The van der Waals surface area contributed by atoms with Crippen molar-refractivity contribution in [2.75, 3.05) is 26.3 Å². The molecule has 0 aromatic rings. The zero-order valence-corrected chi connectivity index (χ0v) is 13.0. The van der Waals surface area contributed by atoms with Crippen LogP contribution < -0.4 is 11.5 Å². The number of rotatable bonds is 12. The van der Waals surface area contributed by atoms with Crippen LogP contribution in [0.2, 0.25) is 0 Å². The molecule has 0 aromatic carbocycles. The lowest BCUT2D eigenvalue weighted by atomic mass is 9.94. The third kappa shape index (κ3) is 8.18. The maximum absolute atomic E-state index is 6.07. The fourth-order valence-electron chi connectivity index (χ4n) is 1.72. The molecule has 0 aromatic heterocycles. The minimum Gasteiger partial charge on any atom is -0.371 e. The van der Waals surface area contributed by atoms with Crippen LogP contribution in [0, 0.1) is 0 Å². The number of hydrogen-bond acceptors (Lipinski definition) is 5. The Labute approximate surface area is 113 Å². The quantitative estimate of drug-likeness (QED) is 0.526. The van der Waals surface area contributed by atoms with Crippen LogP contribution in [0.3, 0.4) is 0 Å². The van der Waals surface area contributed by atoms with Crippen molar-refractivity contribution in [3.05, 3.63) is 0 Å². The van der Waals surface area contributed by atoms with Gasteiger partial charge in [0.1, 0.15) is 0 Å². The molecule has 4 N–H and O–H groups in total. The Kier molecular flexibility index (Phi) is 10.9. The van der Waals surface area contributed by atoms with Gasteiger partial charge in [0.15, 0.2) is 0 Å². The largest absolute Gasteiger partial charge is 0.578 e. The van der Waals surface area contributed by atoms with Gasteiger partial charge in [-0.05, 0) is 59.5 Å². The molecule has 6 heteroatoms. The molecule has 0 fully saturated rings. The highest BCUT2D eigenvalue weighted by atomic mass is 28.3. The Morgan fingerprint density at radius 1 is 0.944 bits per heavy atom. The zero-order chi connectivity index (χ0) is 13.9. The molecule has 0 saturated heterocycles. The van der Waals surface area contributed by atoms with Crippen molar-refractivity contribution in [3.63, 3.8) is 0 Å². The fourth-order valence-corrected chi connectivity index (χ4v) is 3.00. The molecule has 1 radical (unpaired) electrons. The van der Waals surface area contributed by atoms with Crippen LogP contribution in [0.5, 0.6) is 0 Å². The van der Waals surface area contributed by atoms with Crippen molar-refractivity contribution in [1.82, 2.24) is 0 Å². The Morgan fingerprint density at radius 3 is 1.72 bits per heavy atom. The summed E-state index contributed by atoms with van der Waals surface area (Å²) in [6.07, 6.45) is 3.71. The normalized spacial score (nSPS) is 12.3. The molecular weight excluding hydrogens is 248 g/mol. The molecule has 0 atom stereocenters. The standard InChI is InChI=1S/C12H29N2O3Si/c1-4-15-18(16-5-2)17-12(3,8-6-10-13)9-7-11-14/h4-11,13-14H2,1-3H3. The molecule has 0 aliphatic carbocycles. The lowest BCUT2D eigenvalue weighted by Crippen LogP contribution is -2.40. The molecule has 0 unspecified atom stereocenters. The van der Waals surface area contributed by atoms with Crippen molar-refractivity contribution >= 4 is 9.53 Å². The number of hydrogen-bond donors (Lipinski definition) is 2. The first-order valence-electron chi connectivity index (χ1n) is 6.83. The highest BCUT2D eigenvalue weighted by Crippen LogP contribution is 2.24. The Balaban J connectivity index is 4.40. The smallest absolute Gasteiger partial charge is 0.371 e. The summed E-state index contributed by atoms with van der Waals surface area (Å²) in [6.45, 7) is 8.56. The topological polar surface area (TPSA) is 79.7 Å². The molecule has 18 heavy (non-hydrogen) atoms. The van der Waals surface area contributed by atoms with Gasteiger partial charge in [-0.15, -0.1) is 0 Å². The summed E-state index contributed by atoms with van der Waals surface area (Å²) in [5.74, 6) is 0. The fraction of sp³-hybridized carbons (Fsp3) is 1.00. The third-order valence-corrected chi connectivity index (χ3v) is 4.38. The molecule has 0 aliphatic rings. The molecule has 0 heterocycles. The molecule has 0 aliphatic heterocycles. The summed E-state index contributed by atoms with van der Waals surface area (Å²) in [7, 11) is -1.64. The summed E-state index contributed by atoms with van der Waals surface area (Å²) in [6, 6.07) is 0. The predicted octanol–water partition coefficient (Wildman–Crippen LogP) is 1.30.